The molecule has 7 heteroatoms. The van der Waals surface area contributed by atoms with Gasteiger partial charge < -0.3 is 25.2 Å². The minimum atomic E-state index is -1.05. The number of rotatable bonds is 6. The molecular weight excluding hydrogens is 276 g/mol. The lowest BCUT2D eigenvalue weighted by molar-refractivity contribution is -0.139. The minimum absolute atomic E-state index is 0.163. The average Bonchev–Trinajstić information content (AvgIpc) is 2.37. The second kappa shape index (κ2) is 7.61. The van der Waals surface area contributed by atoms with Gasteiger partial charge in [0, 0.05) is 33.1 Å². The Labute approximate surface area is 125 Å². The molecule has 0 aromatic carbocycles. The van der Waals surface area contributed by atoms with Crippen molar-refractivity contribution in [3.8, 4) is 0 Å². The number of likely N-dealkylation sites (N-methyl/N-ethyl adjacent to an activating group) is 1. The van der Waals surface area contributed by atoms with Gasteiger partial charge in [0.1, 0.15) is 6.04 Å². The smallest absolute Gasteiger partial charge is 0.326 e. The van der Waals surface area contributed by atoms with Crippen LogP contribution >= 0.6 is 0 Å². The van der Waals surface area contributed by atoms with Crippen molar-refractivity contribution in [3.63, 3.8) is 0 Å². The fourth-order valence-corrected chi connectivity index (χ4v) is 2.37. The highest BCUT2D eigenvalue weighted by Gasteiger charge is 2.33. The van der Waals surface area contributed by atoms with Crippen molar-refractivity contribution in [1.29, 1.82) is 0 Å². The third kappa shape index (κ3) is 5.89. The van der Waals surface area contributed by atoms with Crippen LogP contribution in [0.1, 0.15) is 33.1 Å². The molecule has 0 bridgehead atoms. The lowest BCUT2D eigenvalue weighted by Gasteiger charge is -2.35. The molecule has 1 heterocycles. The second-order valence-electron chi connectivity index (χ2n) is 6.16. The molecule has 0 spiro atoms. The maximum Gasteiger partial charge on any atom is 0.326 e. The van der Waals surface area contributed by atoms with Crippen molar-refractivity contribution >= 4 is 12.0 Å². The number of aliphatic hydroxyl groups is 1. The topological polar surface area (TPSA) is 99.1 Å². The van der Waals surface area contributed by atoms with Crippen molar-refractivity contribution in [3.05, 3.63) is 0 Å². The Balaban J connectivity index is 2.54. The van der Waals surface area contributed by atoms with Gasteiger partial charge in [-0.05, 0) is 12.3 Å². The van der Waals surface area contributed by atoms with Gasteiger partial charge >= 0.3 is 12.0 Å². The number of carbonyl (C=O) groups is 2. The number of ether oxygens (including phenoxy) is 1. The minimum Gasteiger partial charge on any atom is -0.480 e. The summed E-state index contributed by atoms with van der Waals surface area (Å²) in [7, 11) is 1.55. The van der Waals surface area contributed by atoms with Gasteiger partial charge in [0.05, 0.1) is 12.1 Å². The number of amides is 2. The van der Waals surface area contributed by atoms with E-state index in [9.17, 15) is 14.7 Å². The molecule has 21 heavy (non-hydrogen) atoms. The highest BCUT2D eigenvalue weighted by atomic mass is 16.5. The van der Waals surface area contributed by atoms with Crippen molar-refractivity contribution in [2.45, 2.75) is 44.8 Å². The number of carbonyl (C=O) groups excluding carboxylic acids is 1. The van der Waals surface area contributed by atoms with E-state index in [1.165, 1.54) is 4.90 Å². The summed E-state index contributed by atoms with van der Waals surface area (Å²) < 4.78 is 5.19. The summed E-state index contributed by atoms with van der Waals surface area (Å²) >= 11 is 0. The Bertz CT molecular complexity index is 366. The summed E-state index contributed by atoms with van der Waals surface area (Å²) in [6.07, 6.45) is 1.31. The fourth-order valence-electron chi connectivity index (χ4n) is 2.37. The standard InChI is InChI=1S/C14H26N2O5/c1-10(2)8-11(12(17)18)15-13(19)16(3)9-14(20)4-6-21-7-5-14/h10-11,20H,4-9H2,1-3H3,(H,15,19)(H,17,18)/t11-/m0/s1. The molecule has 0 radical (unpaired) electrons. The Hall–Kier alpha value is -1.34. The van der Waals surface area contributed by atoms with Crippen molar-refractivity contribution in [2.75, 3.05) is 26.8 Å². The van der Waals surface area contributed by atoms with Crippen LogP contribution in [0.2, 0.25) is 0 Å². The van der Waals surface area contributed by atoms with Gasteiger partial charge in [0.25, 0.3) is 0 Å². The van der Waals surface area contributed by atoms with Gasteiger partial charge in [0.2, 0.25) is 0 Å². The molecule has 0 aromatic heterocycles. The molecular formula is C14H26N2O5. The molecule has 2 amide bonds. The van der Waals surface area contributed by atoms with Gasteiger partial charge in [-0.3, -0.25) is 0 Å². The number of hydrogen-bond donors (Lipinski definition) is 3. The predicted octanol–water partition coefficient (Wildman–Crippen LogP) is 0.669. The summed E-state index contributed by atoms with van der Waals surface area (Å²) in [5, 5.41) is 22.0. The van der Waals surface area contributed by atoms with Gasteiger partial charge in [-0.2, -0.15) is 0 Å². The Morgan fingerprint density at radius 2 is 1.90 bits per heavy atom. The van der Waals surface area contributed by atoms with Gasteiger partial charge in [-0.1, -0.05) is 13.8 Å². The lowest BCUT2D eigenvalue weighted by atomic mass is 9.94. The molecule has 1 saturated heterocycles. The molecule has 7 nitrogen and oxygen atoms in total. The van der Waals surface area contributed by atoms with E-state index in [1.807, 2.05) is 13.8 Å². The van der Waals surface area contributed by atoms with Crippen LogP contribution in [-0.4, -0.2) is 65.6 Å². The monoisotopic (exact) mass is 302 g/mol. The number of nitrogens with one attached hydrogen (secondary N) is 1. The maximum atomic E-state index is 12.1. The second-order valence-corrected chi connectivity index (χ2v) is 6.16. The van der Waals surface area contributed by atoms with Gasteiger partial charge in [-0.15, -0.1) is 0 Å². The van der Waals surface area contributed by atoms with Crippen LogP contribution in [0.4, 0.5) is 4.79 Å². The number of hydrogen-bond acceptors (Lipinski definition) is 4. The predicted molar refractivity (Wildman–Crippen MR) is 77.0 cm³/mol. The third-order valence-electron chi connectivity index (χ3n) is 3.60. The number of nitrogens with zero attached hydrogens (tertiary/aromatic N) is 1. The van der Waals surface area contributed by atoms with E-state index >= 15 is 0 Å². The third-order valence-corrected chi connectivity index (χ3v) is 3.60. The van der Waals surface area contributed by atoms with Gasteiger partial charge in [0.15, 0.2) is 0 Å². The van der Waals surface area contributed by atoms with E-state index < -0.39 is 23.6 Å². The number of carboxylic acid groups (broad SMARTS) is 1. The van der Waals surface area contributed by atoms with Crippen LogP contribution in [0.5, 0.6) is 0 Å². The van der Waals surface area contributed by atoms with E-state index in [0.29, 0.717) is 32.5 Å². The highest BCUT2D eigenvalue weighted by molar-refractivity contribution is 5.82. The zero-order valence-electron chi connectivity index (χ0n) is 13.0. The largest absolute Gasteiger partial charge is 0.480 e. The summed E-state index contributed by atoms with van der Waals surface area (Å²) in [5.74, 6) is -0.883. The summed E-state index contributed by atoms with van der Waals surface area (Å²) in [5.41, 5.74) is -0.957. The molecule has 1 aliphatic rings. The van der Waals surface area contributed by atoms with E-state index in [-0.39, 0.29) is 12.5 Å². The Morgan fingerprint density at radius 3 is 2.38 bits per heavy atom. The molecule has 0 aromatic rings. The van der Waals surface area contributed by atoms with Crippen LogP contribution in [-0.2, 0) is 9.53 Å². The van der Waals surface area contributed by atoms with Crippen molar-refractivity contribution in [2.24, 2.45) is 5.92 Å². The van der Waals surface area contributed by atoms with Crippen LogP contribution in [0, 0.1) is 5.92 Å². The maximum absolute atomic E-state index is 12.1. The highest BCUT2D eigenvalue weighted by Crippen LogP contribution is 2.21. The number of aliphatic carboxylic acids is 1. The fraction of sp³-hybridized carbons (Fsp3) is 0.857. The first kappa shape index (κ1) is 17.7. The van der Waals surface area contributed by atoms with Crippen molar-refractivity contribution in [1.82, 2.24) is 10.2 Å². The SMILES string of the molecule is CC(C)C[C@H](NC(=O)N(C)CC1(O)CCOCC1)C(=O)O. The molecule has 122 valence electrons. The first-order valence-electron chi connectivity index (χ1n) is 7.28. The molecule has 1 fully saturated rings. The molecule has 1 rings (SSSR count). The van der Waals surface area contributed by atoms with Crippen LogP contribution in [0.3, 0.4) is 0 Å². The normalized spacial score (nSPS) is 19.1. The molecule has 3 N–H and O–H groups in total. The van der Waals surface area contributed by atoms with Gasteiger partial charge in [-0.25, -0.2) is 9.59 Å². The molecule has 1 atom stereocenters. The quantitative estimate of drug-likeness (QED) is 0.669. The van der Waals surface area contributed by atoms with E-state index in [1.54, 1.807) is 7.05 Å². The first-order chi connectivity index (χ1) is 9.73. The Kier molecular flexibility index (Phi) is 6.42. The molecule has 0 aliphatic carbocycles. The molecule has 0 saturated carbocycles. The average molecular weight is 302 g/mol. The van der Waals surface area contributed by atoms with Crippen molar-refractivity contribution < 1.29 is 24.5 Å². The summed E-state index contributed by atoms with van der Waals surface area (Å²) in [6, 6.07) is -1.40. The number of urea groups is 1. The summed E-state index contributed by atoms with van der Waals surface area (Å²) in [4.78, 5) is 24.5. The zero-order valence-corrected chi connectivity index (χ0v) is 13.0. The number of carboxylic acids is 1. The first-order valence-corrected chi connectivity index (χ1v) is 7.28. The molecule has 1 aliphatic heterocycles. The Morgan fingerprint density at radius 1 is 1.33 bits per heavy atom. The van der Waals surface area contributed by atoms with Crippen LogP contribution < -0.4 is 5.32 Å². The summed E-state index contributed by atoms with van der Waals surface area (Å²) in [6.45, 7) is 4.90. The molecule has 0 unspecified atom stereocenters. The lowest BCUT2D eigenvalue weighted by Crippen LogP contribution is -2.52. The van der Waals surface area contributed by atoms with Crippen LogP contribution in [0.25, 0.3) is 0 Å². The van der Waals surface area contributed by atoms with E-state index in [4.69, 9.17) is 9.84 Å². The zero-order chi connectivity index (χ0) is 16.0. The van der Waals surface area contributed by atoms with E-state index in [2.05, 4.69) is 5.32 Å². The van der Waals surface area contributed by atoms with E-state index in [0.717, 1.165) is 0 Å². The van der Waals surface area contributed by atoms with Crippen LogP contribution in [0.15, 0.2) is 0 Å².